The molecule has 0 rings (SSSR count). The van der Waals surface area contributed by atoms with Gasteiger partial charge in [-0.1, -0.05) is 0 Å². The van der Waals surface area contributed by atoms with Gasteiger partial charge in [0, 0.05) is 0 Å². The van der Waals surface area contributed by atoms with Crippen molar-refractivity contribution in [2.24, 2.45) is 0 Å². The Hall–Kier alpha value is 1.05. The maximum absolute atomic E-state index is 9.02. The second-order valence-electron chi connectivity index (χ2n) is 0.253. The van der Waals surface area contributed by atoms with Gasteiger partial charge in [0.25, 0.3) is 0 Å². The Balaban J connectivity index is 2.80. The molecule has 0 amide bonds. The molecule has 0 spiro atoms. The van der Waals surface area contributed by atoms with Gasteiger partial charge in [0.15, 0.2) is 0 Å². The van der Waals surface area contributed by atoms with Crippen LogP contribution in [0.25, 0.3) is 0 Å². The quantitative estimate of drug-likeness (QED) is 0.602. The van der Waals surface area contributed by atoms with E-state index in [-0.39, 0.29) is 0 Å². The first-order valence-corrected chi connectivity index (χ1v) is 1.83. The van der Waals surface area contributed by atoms with Gasteiger partial charge in [0.1, 0.15) is 0 Å². The van der Waals surface area contributed by atoms with E-state index in [0.717, 1.165) is 47.0 Å². The molecule has 0 saturated heterocycles. The van der Waals surface area contributed by atoms with E-state index in [4.69, 9.17) is 9.90 Å². The third kappa shape index (κ3) is 11.6. The molecule has 3 heteroatoms. The summed E-state index contributed by atoms with van der Waals surface area (Å²) < 4.78 is -0.778. The third-order valence-electron chi connectivity index (χ3n) is 0. The summed E-state index contributed by atoms with van der Waals surface area (Å²) in [5.41, 5.74) is 0. The molecular formula is CHEuO2. The first-order chi connectivity index (χ1) is 1.73. The minimum atomic E-state index is -0.778. The Morgan fingerprint density at radius 1 is 2.00 bits per heavy atom. The maximum atomic E-state index is 9.02. The van der Waals surface area contributed by atoms with E-state index in [1.165, 1.54) is 0 Å². The van der Waals surface area contributed by atoms with E-state index >= 15 is 0 Å². The van der Waals surface area contributed by atoms with Gasteiger partial charge in [-0.3, -0.25) is 0 Å². The summed E-state index contributed by atoms with van der Waals surface area (Å²) in [7, 11) is 0. The van der Waals surface area contributed by atoms with E-state index in [1.807, 2.05) is 0 Å². The summed E-state index contributed by atoms with van der Waals surface area (Å²) in [5.74, 6) is 0. The van der Waals surface area contributed by atoms with Crippen molar-refractivity contribution in [2.75, 3.05) is 0 Å². The molecule has 0 radical (unpaired) electrons. The molecule has 0 unspecified atom stereocenters. The van der Waals surface area contributed by atoms with Crippen molar-refractivity contribution in [3.05, 3.63) is 0 Å². The molecule has 0 bridgehead atoms. The first-order valence-electron chi connectivity index (χ1n) is 0.617. The van der Waals surface area contributed by atoms with Crippen LogP contribution in [-0.2, 0) is 0 Å². The normalized spacial score (nSPS) is 6.25. The molecule has 0 aliphatic heterocycles. The SMILES string of the molecule is O=[C](O)[Eu]. The van der Waals surface area contributed by atoms with Gasteiger partial charge in [-0.25, -0.2) is 0 Å². The van der Waals surface area contributed by atoms with Crippen molar-refractivity contribution < 1.29 is 56.9 Å². The van der Waals surface area contributed by atoms with Crippen LogP contribution in [-0.4, -0.2) is 5.47 Å². The number of hydrogen-bond donors (Lipinski definition) is 1. The average Bonchev–Trinajstić information content (AvgIpc) is 0.811. The van der Waals surface area contributed by atoms with E-state index in [1.54, 1.807) is 0 Å². The van der Waals surface area contributed by atoms with E-state index in [0.29, 0.717) is 0 Å². The molecule has 0 aromatic heterocycles. The van der Waals surface area contributed by atoms with E-state index in [9.17, 15) is 0 Å². The summed E-state index contributed by atoms with van der Waals surface area (Å²) >= 11 is 0.756. The number of carbonyl (C=O) groups is 1. The fraction of sp³-hybridized carbons (Fsp3) is 0. The third-order valence-corrected chi connectivity index (χ3v) is 0. The van der Waals surface area contributed by atoms with Crippen LogP contribution in [0.3, 0.4) is 0 Å². The Kier molecular flexibility index (Phi) is 2.91. The Morgan fingerprint density at radius 2 is 2.00 bits per heavy atom. The molecule has 24 valence electrons. The summed E-state index contributed by atoms with van der Waals surface area (Å²) in [6, 6.07) is 0. The van der Waals surface area contributed by atoms with Crippen molar-refractivity contribution in [2.45, 2.75) is 0 Å². The van der Waals surface area contributed by atoms with Crippen LogP contribution in [0.2, 0.25) is 0 Å². The van der Waals surface area contributed by atoms with Crippen LogP contribution in [0.15, 0.2) is 0 Å². The zero-order valence-electron chi connectivity index (χ0n) is 1.73. The zero-order chi connectivity index (χ0) is 3.58. The molecule has 0 heterocycles. The molecule has 0 aliphatic rings. The summed E-state index contributed by atoms with van der Waals surface area (Å²) in [6.45, 7) is 0. The number of rotatable bonds is 0. The molecule has 0 aliphatic carbocycles. The molecule has 0 aromatic rings. The summed E-state index contributed by atoms with van der Waals surface area (Å²) in [6.07, 6.45) is 0. The molecule has 0 fully saturated rings. The summed E-state index contributed by atoms with van der Waals surface area (Å²) in [4.78, 5) is 9.02. The van der Waals surface area contributed by atoms with Crippen LogP contribution in [0.1, 0.15) is 0 Å². The first kappa shape index (κ1) is 5.05. The van der Waals surface area contributed by atoms with Gasteiger partial charge in [0.2, 0.25) is 0 Å². The van der Waals surface area contributed by atoms with Crippen LogP contribution in [0, 0.1) is 47.0 Å². The van der Waals surface area contributed by atoms with Gasteiger partial charge in [-0.15, -0.1) is 0 Å². The van der Waals surface area contributed by atoms with E-state index < -0.39 is 0.363 Å². The van der Waals surface area contributed by atoms with Crippen molar-refractivity contribution in [3.63, 3.8) is 0 Å². The van der Waals surface area contributed by atoms with Crippen molar-refractivity contribution in [1.82, 2.24) is 0 Å². The predicted molar refractivity (Wildman–Crippen MR) is 8.02 cm³/mol. The Morgan fingerprint density at radius 3 is 2.00 bits per heavy atom. The van der Waals surface area contributed by atoms with Gasteiger partial charge in [-0.05, 0) is 0 Å². The topological polar surface area (TPSA) is 37.3 Å². The molecule has 4 heavy (non-hydrogen) atoms. The van der Waals surface area contributed by atoms with Crippen molar-refractivity contribution in [1.29, 1.82) is 0 Å². The van der Waals surface area contributed by atoms with Gasteiger partial charge in [-0.2, -0.15) is 0 Å². The average molecular weight is 197 g/mol. The second-order valence-corrected chi connectivity index (χ2v) is 1.29. The van der Waals surface area contributed by atoms with Crippen LogP contribution in [0.5, 0.6) is 0 Å². The monoisotopic (exact) mass is 198 g/mol. The predicted octanol–water partition coefficient (Wildman–Crippen LogP) is 0.214. The van der Waals surface area contributed by atoms with Crippen LogP contribution >= 0.6 is 0 Å². The van der Waals surface area contributed by atoms with Crippen LogP contribution < -0.4 is 0 Å². The molecule has 2 nitrogen and oxygen atoms in total. The molecule has 0 atom stereocenters. The van der Waals surface area contributed by atoms with Gasteiger partial charge < -0.3 is 0 Å². The molecule has 0 saturated carbocycles. The van der Waals surface area contributed by atoms with Crippen molar-refractivity contribution in [3.8, 4) is 0 Å². The van der Waals surface area contributed by atoms with Crippen molar-refractivity contribution >= 4 is 0.363 Å². The summed E-state index contributed by atoms with van der Waals surface area (Å²) in [5, 5.41) is 7.44. The van der Waals surface area contributed by atoms with Crippen LogP contribution in [0.4, 0.5) is 4.79 Å². The minimum absolute atomic E-state index is 0.756. The Bertz CT molecular complexity index is 29.0. The fourth-order valence-electron chi connectivity index (χ4n) is 0. The Labute approximate surface area is 56.3 Å². The second kappa shape index (κ2) is 2.30. The number of carboxylic acid groups (broad SMARTS) is 1. The van der Waals surface area contributed by atoms with Gasteiger partial charge >= 0.3 is 57.3 Å². The molecule has 0 aromatic carbocycles. The van der Waals surface area contributed by atoms with E-state index in [2.05, 4.69) is 0 Å². The number of hydrogen-bond acceptors (Lipinski definition) is 1. The molecular weight excluding hydrogens is 196 g/mol. The zero-order valence-corrected chi connectivity index (χ0v) is 4.16. The standard InChI is InChI=1S/CHO2.Eu/c2-1-3;/h(H,2,3);. The molecule has 1 N–H and O–H groups in total. The van der Waals surface area contributed by atoms with Gasteiger partial charge in [0.05, 0.1) is 0 Å². The fourth-order valence-corrected chi connectivity index (χ4v) is 0.